The summed E-state index contributed by atoms with van der Waals surface area (Å²) in [6.45, 7) is 7.56. The van der Waals surface area contributed by atoms with Crippen molar-refractivity contribution in [3.05, 3.63) is 60.4 Å². The van der Waals surface area contributed by atoms with Crippen LogP contribution in [-0.2, 0) is 0 Å². The van der Waals surface area contributed by atoms with Crippen LogP contribution in [0.25, 0.3) is 16.9 Å². The van der Waals surface area contributed by atoms with Crippen LogP contribution in [0.4, 0.5) is 5.82 Å². The van der Waals surface area contributed by atoms with Crippen molar-refractivity contribution in [2.75, 3.05) is 44.3 Å². The van der Waals surface area contributed by atoms with Gasteiger partial charge in [-0.15, -0.1) is 5.10 Å². The monoisotopic (exact) mass is 473 g/mol. The van der Waals surface area contributed by atoms with Crippen molar-refractivity contribution in [1.82, 2.24) is 29.9 Å². The van der Waals surface area contributed by atoms with Gasteiger partial charge < -0.3 is 19.3 Å². The first-order valence-corrected chi connectivity index (χ1v) is 11.7. The largest absolute Gasteiger partial charge is 0.494 e. The van der Waals surface area contributed by atoms with Crippen molar-refractivity contribution in [2.45, 2.75) is 13.8 Å². The van der Waals surface area contributed by atoms with Gasteiger partial charge >= 0.3 is 0 Å². The fraction of sp³-hybridized carbons (Fsp3) is 0.320. The zero-order chi connectivity index (χ0) is 24.2. The van der Waals surface area contributed by atoms with Crippen LogP contribution in [0.5, 0.6) is 11.5 Å². The minimum atomic E-state index is 0.0157. The van der Waals surface area contributed by atoms with Gasteiger partial charge in [0.1, 0.15) is 17.8 Å². The molecular weight excluding hydrogens is 446 g/mol. The third kappa shape index (κ3) is 4.59. The quantitative estimate of drug-likeness (QED) is 0.404. The number of hydrogen-bond donors (Lipinski definition) is 0. The number of piperazine rings is 1. The van der Waals surface area contributed by atoms with Crippen LogP contribution < -0.4 is 14.4 Å². The predicted molar refractivity (Wildman–Crippen MR) is 131 cm³/mol. The number of rotatable bonds is 7. The molecule has 0 unspecified atom stereocenters. The maximum absolute atomic E-state index is 13.0. The lowest BCUT2D eigenvalue weighted by atomic mass is 10.1. The van der Waals surface area contributed by atoms with Crippen LogP contribution >= 0.6 is 0 Å². The van der Waals surface area contributed by atoms with Gasteiger partial charge in [0.05, 0.1) is 18.9 Å². The van der Waals surface area contributed by atoms with E-state index in [1.54, 1.807) is 4.68 Å². The summed E-state index contributed by atoms with van der Waals surface area (Å²) in [5.74, 6) is 2.30. The zero-order valence-corrected chi connectivity index (χ0v) is 19.8. The van der Waals surface area contributed by atoms with Gasteiger partial charge in [-0.05, 0) is 62.4 Å². The van der Waals surface area contributed by atoms with Gasteiger partial charge in [-0.3, -0.25) is 4.79 Å². The Balaban J connectivity index is 1.30. The van der Waals surface area contributed by atoms with Gasteiger partial charge in [-0.1, -0.05) is 5.21 Å². The van der Waals surface area contributed by atoms with E-state index in [4.69, 9.17) is 9.47 Å². The molecule has 0 spiro atoms. The second-order valence-electron chi connectivity index (χ2n) is 8.03. The first-order valence-electron chi connectivity index (χ1n) is 11.7. The van der Waals surface area contributed by atoms with E-state index in [1.165, 1.54) is 6.33 Å². The van der Waals surface area contributed by atoms with E-state index in [0.29, 0.717) is 56.1 Å². The van der Waals surface area contributed by atoms with E-state index in [9.17, 15) is 4.79 Å². The molecule has 1 aliphatic rings. The summed E-state index contributed by atoms with van der Waals surface area (Å²) in [5.41, 5.74) is 2.76. The summed E-state index contributed by atoms with van der Waals surface area (Å²) in [4.78, 5) is 25.9. The molecule has 10 nitrogen and oxygen atoms in total. The minimum absolute atomic E-state index is 0.0157. The molecule has 1 fully saturated rings. The van der Waals surface area contributed by atoms with E-state index in [1.807, 2.05) is 67.3 Å². The zero-order valence-electron chi connectivity index (χ0n) is 19.8. The van der Waals surface area contributed by atoms with Crippen molar-refractivity contribution in [3.63, 3.8) is 0 Å². The van der Waals surface area contributed by atoms with Gasteiger partial charge in [0, 0.05) is 31.7 Å². The second kappa shape index (κ2) is 9.96. The van der Waals surface area contributed by atoms with E-state index in [-0.39, 0.29) is 5.91 Å². The molecule has 5 rings (SSSR count). The Labute approximate surface area is 203 Å². The van der Waals surface area contributed by atoms with Crippen molar-refractivity contribution in [1.29, 1.82) is 0 Å². The normalized spacial score (nSPS) is 13.8. The SMILES string of the molecule is CCOc1ccc(C(=O)N2CCN(c3ncnc4c3nnn4-c3ccc(OCC)cc3)CC2)cc1. The molecular formula is C25H27N7O3. The van der Waals surface area contributed by atoms with Crippen LogP contribution in [0, 0.1) is 0 Å². The molecule has 180 valence electrons. The average molecular weight is 474 g/mol. The van der Waals surface area contributed by atoms with Crippen LogP contribution in [0.2, 0.25) is 0 Å². The highest BCUT2D eigenvalue weighted by Gasteiger charge is 2.25. The van der Waals surface area contributed by atoms with E-state index >= 15 is 0 Å². The highest BCUT2D eigenvalue weighted by atomic mass is 16.5. The molecule has 1 amide bonds. The number of amides is 1. The van der Waals surface area contributed by atoms with E-state index < -0.39 is 0 Å². The third-order valence-corrected chi connectivity index (χ3v) is 5.89. The number of ether oxygens (including phenoxy) is 2. The molecule has 1 saturated heterocycles. The molecule has 35 heavy (non-hydrogen) atoms. The average Bonchev–Trinajstić information content (AvgIpc) is 3.34. The highest BCUT2D eigenvalue weighted by molar-refractivity contribution is 5.94. The lowest BCUT2D eigenvalue weighted by Crippen LogP contribution is -2.49. The maximum atomic E-state index is 13.0. The molecule has 0 bridgehead atoms. The Morgan fingerprint density at radius 1 is 0.857 bits per heavy atom. The van der Waals surface area contributed by atoms with Crippen LogP contribution in [0.1, 0.15) is 24.2 Å². The fourth-order valence-electron chi connectivity index (χ4n) is 4.16. The lowest BCUT2D eigenvalue weighted by molar-refractivity contribution is 0.0746. The van der Waals surface area contributed by atoms with Gasteiger partial charge in [0.2, 0.25) is 0 Å². The number of benzene rings is 2. The number of carbonyl (C=O) groups excluding carboxylic acids is 1. The Morgan fingerprint density at radius 3 is 2.11 bits per heavy atom. The summed E-state index contributed by atoms with van der Waals surface area (Å²) >= 11 is 0. The van der Waals surface area contributed by atoms with Gasteiger partial charge in [0.15, 0.2) is 17.0 Å². The topological polar surface area (TPSA) is 98.5 Å². The molecule has 3 heterocycles. The molecule has 0 aliphatic carbocycles. The lowest BCUT2D eigenvalue weighted by Gasteiger charge is -2.35. The molecule has 0 radical (unpaired) electrons. The highest BCUT2D eigenvalue weighted by Crippen LogP contribution is 2.25. The van der Waals surface area contributed by atoms with Crippen molar-refractivity contribution in [2.24, 2.45) is 0 Å². The Bertz CT molecular complexity index is 1300. The third-order valence-electron chi connectivity index (χ3n) is 5.89. The number of nitrogens with zero attached hydrogens (tertiary/aromatic N) is 7. The summed E-state index contributed by atoms with van der Waals surface area (Å²) in [7, 11) is 0. The Hall–Kier alpha value is -4.21. The van der Waals surface area contributed by atoms with E-state index in [2.05, 4.69) is 25.2 Å². The minimum Gasteiger partial charge on any atom is -0.494 e. The van der Waals surface area contributed by atoms with Gasteiger partial charge in [-0.2, -0.15) is 4.68 Å². The summed E-state index contributed by atoms with van der Waals surface area (Å²) in [5, 5.41) is 8.70. The van der Waals surface area contributed by atoms with Crippen LogP contribution in [-0.4, -0.2) is 75.2 Å². The number of aromatic nitrogens is 5. The number of carbonyl (C=O) groups is 1. The van der Waals surface area contributed by atoms with E-state index in [0.717, 1.165) is 23.0 Å². The second-order valence-corrected chi connectivity index (χ2v) is 8.03. The smallest absolute Gasteiger partial charge is 0.253 e. The summed E-state index contributed by atoms with van der Waals surface area (Å²) in [6, 6.07) is 14.9. The number of anilines is 1. The summed E-state index contributed by atoms with van der Waals surface area (Å²) < 4.78 is 12.7. The molecule has 0 N–H and O–H groups in total. The molecule has 2 aromatic carbocycles. The van der Waals surface area contributed by atoms with Crippen LogP contribution in [0.3, 0.4) is 0 Å². The Morgan fingerprint density at radius 2 is 1.49 bits per heavy atom. The van der Waals surface area contributed by atoms with Crippen molar-refractivity contribution < 1.29 is 14.3 Å². The molecule has 0 saturated carbocycles. The van der Waals surface area contributed by atoms with Crippen LogP contribution in [0.15, 0.2) is 54.9 Å². The first kappa shape index (κ1) is 22.6. The maximum Gasteiger partial charge on any atom is 0.253 e. The Kier molecular flexibility index (Phi) is 6.42. The first-order chi connectivity index (χ1) is 17.2. The van der Waals surface area contributed by atoms with Crippen molar-refractivity contribution in [3.8, 4) is 17.2 Å². The summed E-state index contributed by atoms with van der Waals surface area (Å²) in [6.07, 6.45) is 1.53. The van der Waals surface area contributed by atoms with Gasteiger partial charge in [-0.25, -0.2) is 9.97 Å². The fourth-order valence-corrected chi connectivity index (χ4v) is 4.16. The predicted octanol–water partition coefficient (Wildman–Crippen LogP) is 2.97. The number of hydrogen-bond acceptors (Lipinski definition) is 8. The molecule has 2 aromatic heterocycles. The molecule has 0 atom stereocenters. The molecule has 1 aliphatic heterocycles. The molecule has 4 aromatic rings. The van der Waals surface area contributed by atoms with Crippen molar-refractivity contribution >= 4 is 22.9 Å². The van der Waals surface area contributed by atoms with Gasteiger partial charge in [0.25, 0.3) is 5.91 Å². The number of fused-ring (bicyclic) bond motifs is 1. The molecule has 10 heteroatoms. The standard InChI is InChI=1S/C25H27N7O3/c1-3-34-20-9-5-18(6-10-20)25(33)31-15-13-30(14-16-31)23-22-24(27-17-26-23)32(29-28-22)19-7-11-21(12-8-19)35-4-2/h5-12,17H,3-4,13-16H2,1-2H3.